The second-order valence-corrected chi connectivity index (χ2v) is 4.54. The molecule has 0 aliphatic rings. The third-order valence-corrected chi connectivity index (χ3v) is 3.26. The van der Waals surface area contributed by atoms with Crippen LogP contribution in [0.1, 0.15) is 37.0 Å². The van der Waals surface area contributed by atoms with Gasteiger partial charge in [0, 0.05) is 12.2 Å². The van der Waals surface area contributed by atoms with Gasteiger partial charge in [0.2, 0.25) is 0 Å². The lowest BCUT2D eigenvalue weighted by atomic mass is 10.0. The molecule has 1 aromatic carbocycles. The number of hydrogen-bond donors (Lipinski definition) is 2. The number of benzene rings is 1. The summed E-state index contributed by atoms with van der Waals surface area (Å²) in [6.07, 6.45) is 2.12. The van der Waals surface area contributed by atoms with E-state index < -0.39 is 0 Å². The van der Waals surface area contributed by atoms with Gasteiger partial charge >= 0.3 is 0 Å². The zero-order chi connectivity index (χ0) is 12.8. The van der Waals surface area contributed by atoms with Crippen LogP contribution in [0.5, 0.6) is 0 Å². The number of rotatable bonds is 5. The first-order chi connectivity index (χ1) is 8.08. The van der Waals surface area contributed by atoms with Gasteiger partial charge in [-0.15, -0.1) is 0 Å². The highest BCUT2D eigenvalue weighted by Crippen LogP contribution is 2.19. The SMILES string of the molecule is CCC(CC)CNC(=O)c1ccc(N)cc1Cl. The lowest BCUT2D eigenvalue weighted by molar-refractivity contribution is 0.0946. The van der Waals surface area contributed by atoms with E-state index in [2.05, 4.69) is 19.2 Å². The fourth-order valence-corrected chi connectivity index (χ4v) is 1.90. The molecule has 4 heteroatoms. The van der Waals surface area contributed by atoms with E-state index in [1.807, 2.05) is 0 Å². The predicted molar refractivity (Wildman–Crippen MR) is 72.3 cm³/mol. The second-order valence-electron chi connectivity index (χ2n) is 4.13. The second kappa shape index (κ2) is 6.50. The topological polar surface area (TPSA) is 55.1 Å². The maximum Gasteiger partial charge on any atom is 0.252 e. The number of nitrogens with two attached hydrogens (primary N) is 1. The Kier molecular flexibility index (Phi) is 5.29. The van der Waals surface area contributed by atoms with Crippen molar-refractivity contribution in [2.75, 3.05) is 12.3 Å². The van der Waals surface area contributed by atoms with Crippen LogP contribution in [0.2, 0.25) is 5.02 Å². The minimum Gasteiger partial charge on any atom is -0.399 e. The first kappa shape index (κ1) is 13.8. The molecule has 0 spiro atoms. The van der Waals surface area contributed by atoms with Gasteiger partial charge in [0.25, 0.3) is 5.91 Å². The van der Waals surface area contributed by atoms with Crippen LogP contribution < -0.4 is 11.1 Å². The molecule has 0 fully saturated rings. The molecule has 0 bridgehead atoms. The minimum atomic E-state index is -0.137. The van der Waals surface area contributed by atoms with E-state index in [0.29, 0.717) is 28.7 Å². The normalized spacial score (nSPS) is 10.6. The molecule has 0 radical (unpaired) electrons. The van der Waals surface area contributed by atoms with Crippen molar-refractivity contribution < 1.29 is 4.79 Å². The van der Waals surface area contributed by atoms with E-state index in [9.17, 15) is 4.79 Å². The summed E-state index contributed by atoms with van der Waals surface area (Å²) in [5.41, 5.74) is 6.62. The molecule has 0 unspecified atom stereocenters. The summed E-state index contributed by atoms with van der Waals surface area (Å²) in [6.45, 7) is 4.93. The Morgan fingerprint density at radius 1 is 1.41 bits per heavy atom. The molecular formula is C13H19ClN2O. The third kappa shape index (κ3) is 3.93. The standard InChI is InChI=1S/C13H19ClN2O/c1-3-9(4-2)8-16-13(17)11-6-5-10(15)7-12(11)14/h5-7,9H,3-4,8,15H2,1-2H3,(H,16,17). The molecule has 94 valence electrons. The largest absolute Gasteiger partial charge is 0.399 e. The summed E-state index contributed by atoms with van der Waals surface area (Å²) in [4.78, 5) is 11.9. The van der Waals surface area contributed by atoms with Crippen LogP contribution in [0.15, 0.2) is 18.2 Å². The molecule has 0 atom stereocenters. The summed E-state index contributed by atoms with van der Waals surface area (Å²) in [7, 11) is 0. The van der Waals surface area contributed by atoms with Crippen molar-refractivity contribution in [3.63, 3.8) is 0 Å². The number of anilines is 1. The Morgan fingerprint density at radius 2 is 2.06 bits per heavy atom. The van der Waals surface area contributed by atoms with Gasteiger partial charge in [0.1, 0.15) is 0 Å². The van der Waals surface area contributed by atoms with Gasteiger partial charge < -0.3 is 11.1 Å². The highest BCUT2D eigenvalue weighted by atomic mass is 35.5. The lowest BCUT2D eigenvalue weighted by Crippen LogP contribution is -2.29. The van der Waals surface area contributed by atoms with Crippen LogP contribution in [-0.2, 0) is 0 Å². The Hall–Kier alpha value is -1.22. The monoisotopic (exact) mass is 254 g/mol. The van der Waals surface area contributed by atoms with E-state index >= 15 is 0 Å². The van der Waals surface area contributed by atoms with Crippen molar-refractivity contribution >= 4 is 23.2 Å². The number of halogens is 1. The molecule has 0 aliphatic carbocycles. The van der Waals surface area contributed by atoms with E-state index in [1.165, 1.54) is 0 Å². The molecule has 1 amide bonds. The van der Waals surface area contributed by atoms with E-state index in [4.69, 9.17) is 17.3 Å². The van der Waals surface area contributed by atoms with Crippen molar-refractivity contribution in [1.29, 1.82) is 0 Å². The minimum absolute atomic E-state index is 0.137. The van der Waals surface area contributed by atoms with Gasteiger partial charge in [0.15, 0.2) is 0 Å². The average molecular weight is 255 g/mol. The third-order valence-electron chi connectivity index (χ3n) is 2.94. The number of nitrogen functional groups attached to an aromatic ring is 1. The Morgan fingerprint density at radius 3 is 2.59 bits per heavy atom. The summed E-state index contributed by atoms with van der Waals surface area (Å²) >= 11 is 5.97. The molecular weight excluding hydrogens is 236 g/mol. The molecule has 1 aromatic rings. The maximum absolute atomic E-state index is 11.9. The summed E-state index contributed by atoms with van der Waals surface area (Å²) in [6, 6.07) is 4.92. The number of carbonyl (C=O) groups is 1. The molecule has 3 N–H and O–H groups in total. The molecule has 1 rings (SSSR count). The van der Waals surface area contributed by atoms with Gasteiger partial charge in [0.05, 0.1) is 10.6 Å². The lowest BCUT2D eigenvalue weighted by Gasteiger charge is -2.13. The van der Waals surface area contributed by atoms with Crippen LogP contribution in [0.4, 0.5) is 5.69 Å². The average Bonchev–Trinajstić information content (AvgIpc) is 2.30. The maximum atomic E-state index is 11.9. The number of hydrogen-bond acceptors (Lipinski definition) is 2. The highest BCUT2D eigenvalue weighted by Gasteiger charge is 2.11. The molecule has 0 saturated carbocycles. The van der Waals surface area contributed by atoms with Gasteiger partial charge in [-0.25, -0.2) is 0 Å². The van der Waals surface area contributed by atoms with Crippen LogP contribution in [0.25, 0.3) is 0 Å². The van der Waals surface area contributed by atoms with Crippen molar-refractivity contribution in [3.8, 4) is 0 Å². The first-order valence-electron chi connectivity index (χ1n) is 5.91. The summed E-state index contributed by atoms with van der Waals surface area (Å²) < 4.78 is 0. The van der Waals surface area contributed by atoms with E-state index in [1.54, 1.807) is 18.2 Å². The fraction of sp³-hybridized carbons (Fsp3) is 0.462. The van der Waals surface area contributed by atoms with E-state index in [-0.39, 0.29) is 5.91 Å². The molecule has 3 nitrogen and oxygen atoms in total. The van der Waals surface area contributed by atoms with Crippen LogP contribution >= 0.6 is 11.6 Å². The molecule has 0 aliphatic heterocycles. The van der Waals surface area contributed by atoms with E-state index in [0.717, 1.165) is 12.8 Å². The Balaban J connectivity index is 2.64. The van der Waals surface area contributed by atoms with Crippen molar-refractivity contribution in [2.45, 2.75) is 26.7 Å². The Labute approximate surface area is 107 Å². The molecule has 0 saturated heterocycles. The van der Waals surface area contributed by atoms with Gasteiger partial charge in [-0.2, -0.15) is 0 Å². The molecule has 17 heavy (non-hydrogen) atoms. The predicted octanol–water partition coefficient (Wildman–Crippen LogP) is 3.09. The highest BCUT2D eigenvalue weighted by molar-refractivity contribution is 6.34. The number of carbonyl (C=O) groups excluding carboxylic acids is 1. The van der Waals surface area contributed by atoms with Crippen molar-refractivity contribution in [2.24, 2.45) is 5.92 Å². The summed E-state index contributed by atoms with van der Waals surface area (Å²) in [5.74, 6) is 0.383. The van der Waals surface area contributed by atoms with Crippen LogP contribution in [0, 0.1) is 5.92 Å². The van der Waals surface area contributed by atoms with Crippen LogP contribution in [-0.4, -0.2) is 12.5 Å². The number of amides is 1. The zero-order valence-electron chi connectivity index (χ0n) is 10.3. The first-order valence-corrected chi connectivity index (χ1v) is 6.29. The van der Waals surface area contributed by atoms with Crippen molar-refractivity contribution in [1.82, 2.24) is 5.32 Å². The van der Waals surface area contributed by atoms with Gasteiger partial charge in [-0.1, -0.05) is 38.3 Å². The summed E-state index contributed by atoms with van der Waals surface area (Å²) in [5, 5.41) is 3.29. The van der Waals surface area contributed by atoms with Crippen LogP contribution in [0.3, 0.4) is 0 Å². The molecule has 0 aromatic heterocycles. The zero-order valence-corrected chi connectivity index (χ0v) is 11.1. The van der Waals surface area contributed by atoms with Crippen molar-refractivity contribution in [3.05, 3.63) is 28.8 Å². The fourth-order valence-electron chi connectivity index (χ4n) is 1.63. The van der Waals surface area contributed by atoms with Gasteiger partial charge in [-0.3, -0.25) is 4.79 Å². The van der Waals surface area contributed by atoms with Gasteiger partial charge in [-0.05, 0) is 24.1 Å². The molecule has 0 heterocycles. The smallest absolute Gasteiger partial charge is 0.252 e. The number of nitrogens with one attached hydrogen (secondary N) is 1. The Bertz CT molecular complexity index is 389. The quantitative estimate of drug-likeness (QED) is 0.794.